The molecule has 1 amide bonds. The summed E-state index contributed by atoms with van der Waals surface area (Å²) in [7, 11) is 0. The third kappa shape index (κ3) is 4.51. The van der Waals surface area contributed by atoms with Crippen LogP contribution in [-0.4, -0.2) is 64.8 Å². The van der Waals surface area contributed by atoms with Gasteiger partial charge in [-0.1, -0.05) is 42.1 Å². The van der Waals surface area contributed by atoms with Gasteiger partial charge in [0.05, 0.1) is 23.5 Å². The van der Waals surface area contributed by atoms with Crippen LogP contribution in [0.3, 0.4) is 0 Å². The summed E-state index contributed by atoms with van der Waals surface area (Å²) in [6.45, 7) is 4.28. The summed E-state index contributed by atoms with van der Waals surface area (Å²) in [6.07, 6.45) is 8.90. The smallest absolute Gasteiger partial charge is 0.230 e. The summed E-state index contributed by atoms with van der Waals surface area (Å²) in [5, 5.41) is 9.54. The van der Waals surface area contributed by atoms with E-state index in [9.17, 15) is 4.79 Å². The van der Waals surface area contributed by atoms with Gasteiger partial charge in [0, 0.05) is 32.8 Å². The SMILES string of the molecule is CSc1nc(N2CCCCC2)c2cnn(CCNC(=O)C3(c4ccccc4)CCOCC3)c2n1. The lowest BCUT2D eigenvalue weighted by Gasteiger charge is -2.36. The van der Waals surface area contributed by atoms with E-state index in [1.807, 2.05) is 35.3 Å². The maximum atomic E-state index is 13.4. The van der Waals surface area contributed by atoms with Crippen molar-refractivity contribution in [2.75, 3.05) is 44.0 Å². The molecule has 9 heteroatoms. The Bertz CT molecular complexity index is 1120. The molecular weight excluding hydrogens is 448 g/mol. The molecule has 0 spiro atoms. The highest BCUT2D eigenvalue weighted by molar-refractivity contribution is 7.98. The van der Waals surface area contributed by atoms with Crippen LogP contribution in [0, 0.1) is 0 Å². The standard InChI is InChI=1S/C25H32N6O2S/c1-34-24-28-21(30-13-6-3-7-14-30)20-18-27-31(22(20)29-24)15-12-26-23(32)25(10-16-33-17-11-25)19-8-4-2-5-9-19/h2,4-5,8-9,18H,3,6-7,10-17H2,1H3,(H,26,32). The van der Waals surface area contributed by atoms with Gasteiger partial charge in [0.15, 0.2) is 10.8 Å². The number of nitrogens with one attached hydrogen (secondary N) is 1. The van der Waals surface area contributed by atoms with Gasteiger partial charge in [0.25, 0.3) is 0 Å². The predicted molar refractivity (Wildman–Crippen MR) is 134 cm³/mol. The Morgan fingerprint density at radius 1 is 1.12 bits per heavy atom. The fourth-order valence-corrected chi connectivity index (χ4v) is 5.45. The van der Waals surface area contributed by atoms with Crippen LogP contribution in [0.5, 0.6) is 0 Å². The quantitative estimate of drug-likeness (QED) is 0.410. The third-order valence-electron chi connectivity index (χ3n) is 7.01. The minimum absolute atomic E-state index is 0.0619. The van der Waals surface area contributed by atoms with Gasteiger partial charge in [0.1, 0.15) is 5.82 Å². The molecule has 2 aliphatic rings. The Hall–Kier alpha value is -2.65. The third-order valence-corrected chi connectivity index (χ3v) is 7.56. The number of aromatic nitrogens is 4. The second-order valence-electron chi connectivity index (χ2n) is 9.00. The van der Waals surface area contributed by atoms with E-state index in [4.69, 9.17) is 14.7 Å². The molecule has 5 rings (SSSR count). The highest BCUT2D eigenvalue weighted by Gasteiger charge is 2.41. The molecule has 2 aromatic heterocycles. The number of thioether (sulfide) groups is 1. The number of rotatable bonds is 7. The van der Waals surface area contributed by atoms with E-state index >= 15 is 0 Å². The van der Waals surface area contributed by atoms with Crippen molar-refractivity contribution >= 4 is 34.5 Å². The molecule has 0 bridgehead atoms. The number of carbonyl (C=O) groups is 1. The Balaban J connectivity index is 1.33. The molecule has 0 unspecified atom stereocenters. The molecule has 1 N–H and O–H groups in total. The second-order valence-corrected chi connectivity index (χ2v) is 9.78. The van der Waals surface area contributed by atoms with E-state index in [0.29, 0.717) is 39.1 Å². The number of amides is 1. The Labute approximate surface area is 204 Å². The zero-order chi connectivity index (χ0) is 23.4. The van der Waals surface area contributed by atoms with Crippen LogP contribution in [0.2, 0.25) is 0 Å². The number of hydrogen-bond donors (Lipinski definition) is 1. The maximum absolute atomic E-state index is 13.4. The second kappa shape index (κ2) is 10.3. The first kappa shape index (κ1) is 23.1. The first-order valence-corrected chi connectivity index (χ1v) is 13.4. The van der Waals surface area contributed by atoms with Crippen LogP contribution in [0.4, 0.5) is 5.82 Å². The minimum Gasteiger partial charge on any atom is -0.381 e. The Kier molecular flexibility index (Phi) is 7.01. The molecule has 34 heavy (non-hydrogen) atoms. The lowest BCUT2D eigenvalue weighted by Crippen LogP contribution is -2.48. The number of anilines is 1. The number of hydrogen-bond acceptors (Lipinski definition) is 7. The first-order chi connectivity index (χ1) is 16.7. The predicted octanol–water partition coefficient (Wildman–Crippen LogP) is 3.40. The van der Waals surface area contributed by atoms with Crippen molar-refractivity contribution < 1.29 is 9.53 Å². The molecule has 0 saturated carbocycles. The van der Waals surface area contributed by atoms with Gasteiger partial charge in [-0.2, -0.15) is 5.10 Å². The van der Waals surface area contributed by atoms with Crippen LogP contribution in [0.1, 0.15) is 37.7 Å². The van der Waals surface area contributed by atoms with Crippen LogP contribution in [0.25, 0.3) is 11.0 Å². The van der Waals surface area contributed by atoms with Gasteiger partial charge in [-0.3, -0.25) is 4.79 Å². The summed E-state index contributed by atoms with van der Waals surface area (Å²) < 4.78 is 7.47. The van der Waals surface area contributed by atoms with Crippen LogP contribution >= 0.6 is 11.8 Å². The molecule has 8 nitrogen and oxygen atoms in total. The normalized spacial score (nSPS) is 18.2. The van der Waals surface area contributed by atoms with E-state index < -0.39 is 5.41 Å². The van der Waals surface area contributed by atoms with E-state index in [0.717, 1.165) is 40.7 Å². The number of fused-ring (bicyclic) bond motifs is 1. The van der Waals surface area contributed by atoms with Crippen LogP contribution < -0.4 is 10.2 Å². The minimum atomic E-state index is -0.540. The largest absolute Gasteiger partial charge is 0.381 e. The van der Waals surface area contributed by atoms with E-state index in [1.54, 1.807) is 11.8 Å². The van der Waals surface area contributed by atoms with Crippen molar-refractivity contribution in [3.63, 3.8) is 0 Å². The fraction of sp³-hybridized carbons (Fsp3) is 0.520. The van der Waals surface area contributed by atoms with Crippen molar-refractivity contribution in [2.24, 2.45) is 0 Å². The van der Waals surface area contributed by atoms with Gasteiger partial charge in [-0.15, -0.1) is 0 Å². The van der Waals surface area contributed by atoms with Gasteiger partial charge >= 0.3 is 0 Å². The maximum Gasteiger partial charge on any atom is 0.230 e. The molecule has 0 radical (unpaired) electrons. The average molecular weight is 481 g/mol. The van der Waals surface area contributed by atoms with Crippen molar-refractivity contribution in [1.82, 2.24) is 25.1 Å². The lowest BCUT2D eigenvalue weighted by atomic mass is 9.73. The van der Waals surface area contributed by atoms with Crippen LogP contribution in [-0.2, 0) is 21.5 Å². The molecule has 0 aliphatic carbocycles. The highest BCUT2D eigenvalue weighted by Crippen LogP contribution is 2.35. The van der Waals surface area contributed by atoms with E-state index in [-0.39, 0.29) is 5.91 Å². The topological polar surface area (TPSA) is 85.2 Å². The average Bonchev–Trinajstić information content (AvgIpc) is 3.32. The van der Waals surface area contributed by atoms with E-state index in [2.05, 4.69) is 27.4 Å². The van der Waals surface area contributed by atoms with Crippen molar-refractivity contribution in [3.8, 4) is 0 Å². The molecule has 3 aromatic rings. The Morgan fingerprint density at radius 3 is 2.62 bits per heavy atom. The molecule has 2 aliphatic heterocycles. The molecule has 2 saturated heterocycles. The lowest BCUT2D eigenvalue weighted by molar-refractivity contribution is -0.130. The monoisotopic (exact) mass is 480 g/mol. The number of piperidine rings is 1. The van der Waals surface area contributed by atoms with Crippen molar-refractivity contribution in [3.05, 3.63) is 42.1 Å². The van der Waals surface area contributed by atoms with E-state index in [1.165, 1.54) is 19.3 Å². The summed E-state index contributed by atoms with van der Waals surface area (Å²) in [5.41, 5.74) is 1.35. The number of ether oxygens (including phenoxy) is 1. The van der Waals surface area contributed by atoms with Crippen LogP contribution in [0.15, 0.2) is 41.7 Å². The number of carbonyl (C=O) groups excluding carboxylic acids is 1. The number of nitrogens with zero attached hydrogens (tertiary/aromatic N) is 5. The summed E-state index contributed by atoms with van der Waals surface area (Å²) in [6, 6.07) is 10.1. The highest BCUT2D eigenvalue weighted by atomic mass is 32.2. The van der Waals surface area contributed by atoms with Gasteiger partial charge < -0.3 is 15.0 Å². The summed E-state index contributed by atoms with van der Waals surface area (Å²) >= 11 is 1.55. The Morgan fingerprint density at radius 2 is 1.88 bits per heavy atom. The first-order valence-electron chi connectivity index (χ1n) is 12.2. The number of benzene rings is 1. The molecule has 180 valence electrons. The van der Waals surface area contributed by atoms with Crippen molar-refractivity contribution in [1.29, 1.82) is 0 Å². The zero-order valence-electron chi connectivity index (χ0n) is 19.7. The fourth-order valence-electron chi connectivity index (χ4n) is 5.09. The zero-order valence-corrected chi connectivity index (χ0v) is 20.5. The molecule has 1 aromatic carbocycles. The summed E-state index contributed by atoms with van der Waals surface area (Å²) in [5.74, 6) is 1.04. The van der Waals surface area contributed by atoms with Gasteiger partial charge in [0.2, 0.25) is 5.91 Å². The summed E-state index contributed by atoms with van der Waals surface area (Å²) in [4.78, 5) is 25.4. The van der Waals surface area contributed by atoms with Crippen molar-refractivity contribution in [2.45, 2.75) is 49.2 Å². The molecule has 0 atom stereocenters. The van der Waals surface area contributed by atoms with Gasteiger partial charge in [-0.25, -0.2) is 14.6 Å². The van der Waals surface area contributed by atoms with Gasteiger partial charge in [-0.05, 0) is 43.9 Å². The molecule has 4 heterocycles. The molecular formula is C25H32N6O2S. The molecule has 2 fully saturated rings.